The molecule has 7 nitrogen and oxygen atoms in total. The molecule has 1 aliphatic rings. The van der Waals surface area contributed by atoms with E-state index in [1.54, 1.807) is 11.3 Å². The van der Waals surface area contributed by atoms with Crippen LogP contribution in [0.15, 0.2) is 11.2 Å². The monoisotopic (exact) mass is 375 g/mol. The number of hydrogen-bond donors (Lipinski definition) is 2. The lowest BCUT2D eigenvalue weighted by atomic mass is 10.2. The zero-order chi connectivity index (χ0) is 18.2. The van der Waals surface area contributed by atoms with Gasteiger partial charge in [0.2, 0.25) is 0 Å². The predicted octanol–water partition coefficient (Wildman–Crippen LogP) is 2.11. The SMILES string of the molecule is CCNC(=NCCc1ncc(C)s1)NCCc1nnc2n1CCCCC2. The number of aromatic nitrogens is 4. The van der Waals surface area contributed by atoms with Gasteiger partial charge in [-0.3, -0.25) is 4.99 Å². The van der Waals surface area contributed by atoms with Crippen molar-refractivity contribution in [2.45, 2.75) is 58.9 Å². The molecular weight excluding hydrogens is 346 g/mol. The summed E-state index contributed by atoms with van der Waals surface area (Å²) in [6.45, 7) is 7.62. The highest BCUT2D eigenvalue weighted by atomic mass is 32.1. The van der Waals surface area contributed by atoms with Gasteiger partial charge in [-0.25, -0.2) is 4.98 Å². The third-order valence-corrected chi connectivity index (χ3v) is 5.41. The van der Waals surface area contributed by atoms with Gasteiger partial charge in [0.1, 0.15) is 11.6 Å². The van der Waals surface area contributed by atoms with Crippen molar-refractivity contribution in [3.8, 4) is 0 Å². The average molecular weight is 376 g/mol. The number of nitrogens with zero attached hydrogens (tertiary/aromatic N) is 5. The van der Waals surface area contributed by atoms with E-state index in [9.17, 15) is 0 Å². The molecule has 0 atom stereocenters. The summed E-state index contributed by atoms with van der Waals surface area (Å²) in [5.74, 6) is 3.09. The van der Waals surface area contributed by atoms with Crippen LogP contribution in [0.3, 0.4) is 0 Å². The van der Waals surface area contributed by atoms with Crippen LogP contribution in [0.1, 0.15) is 47.7 Å². The summed E-state index contributed by atoms with van der Waals surface area (Å²) in [5, 5.41) is 16.6. The van der Waals surface area contributed by atoms with E-state index in [1.165, 1.54) is 24.1 Å². The molecule has 0 bridgehead atoms. The summed E-state index contributed by atoms with van der Waals surface area (Å²) in [6.07, 6.45) is 8.47. The van der Waals surface area contributed by atoms with Crippen molar-refractivity contribution in [1.82, 2.24) is 30.4 Å². The number of fused-ring (bicyclic) bond motifs is 1. The third kappa shape index (κ3) is 5.27. The van der Waals surface area contributed by atoms with Crippen LogP contribution in [0.25, 0.3) is 0 Å². The number of nitrogens with one attached hydrogen (secondary N) is 2. The van der Waals surface area contributed by atoms with E-state index in [1.807, 2.05) is 6.20 Å². The molecule has 0 unspecified atom stereocenters. The Kier molecular flexibility index (Phi) is 6.99. The van der Waals surface area contributed by atoms with Crippen LogP contribution >= 0.6 is 11.3 Å². The summed E-state index contributed by atoms with van der Waals surface area (Å²) in [4.78, 5) is 10.3. The zero-order valence-electron chi connectivity index (χ0n) is 15.8. The van der Waals surface area contributed by atoms with E-state index in [0.717, 1.165) is 68.1 Å². The quantitative estimate of drug-likeness (QED) is 0.572. The van der Waals surface area contributed by atoms with Gasteiger partial charge in [0, 0.05) is 56.5 Å². The van der Waals surface area contributed by atoms with Crippen LogP contribution < -0.4 is 10.6 Å². The first-order chi connectivity index (χ1) is 12.8. The van der Waals surface area contributed by atoms with E-state index in [-0.39, 0.29) is 0 Å². The summed E-state index contributed by atoms with van der Waals surface area (Å²) in [7, 11) is 0. The summed E-state index contributed by atoms with van der Waals surface area (Å²) in [6, 6.07) is 0. The number of aryl methyl sites for hydroxylation is 2. The predicted molar refractivity (Wildman–Crippen MR) is 106 cm³/mol. The molecule has 2 aromatic rings. The standard InChI is InChI=1S/C18H29N7S/c1-3-19-18(21-11-9-17-22-13-14(2)26-17)20-10-8-16-24-23-15-7-5-4-6-12-25(15)16/h13H,3-12H2,1-2H3,(H2,19,20,21). The Morgan fingerprint density at radius 3 is 2.96 bits per heavy atom. The Morgan fingerprint density at radius 1 is 1.23 bits per heavy atom. The molecule has 0 radical (unpaired) electrons. The first-order valence-electron chi connectivity index (χ1n) is 9.60. The molecular formula is C18H29N7S. The molecule has 0 aliphatic carbocycles. The molecule has 1 aliphatic heterocycles. The summed E-state index contributed by atoms with van der Waals surface area (Å²) < 4.78 is 2.31. The second-order valence-electron chi connectivity index (χ2n) is 6.55. The lowest BCUT2D eigenvalue weighted by Gasteiger charge is -2.11. The maximum absolute atomic E-state index is 4.66. The van der Waals surface area contributed by atoms with Crippen LogP contribution in [-0.2, 0) is 25.8 Å². The van der Waals surface area contributed by atoms with Crippen LogP contribution in [0, 0.1) is 6.92 Å². The van der Waals surface area contributed by atoms with Gasteiger partial charge in [-0.15, -0.1) is 21.5 Å². The topological polar surface area (TPSA) is 80.0 Å². The molecule has 0 fully saturated rings. The van der Waals surface area contributed by atoms with Gasteiger partial charge in [0.05, 0.1) is 5.01 Å². The Bertz CT molecular complexity index is 719. The Morgan fingerprint density at radius 2 is 2.15 bits per heavy atom. The largest absolute Gasteiger partial charge is 0.357 e. The van der Waals surface area contributed by atoms with Crippen molar-refractivity contribution in [2.24, 2.45) is 4.99 Å². The van der Waals surface area contributed by atoms with Gasteiger partial charge in [0.25, 0.3) is 0 Å². The van der Waals surface area contributed by atoms with Gasteiger partial charge >= 0.3 is 0 Å². The van der Waals surface area contributed by atoms with Gasteiger partial charge < -0.3 is 15.2 Å². The molecule has 3 heterocycles. The second-order valence-corrected chi connectivity index (χ2v) is 7.87. The Labute approximate surface area is 159 Å². The minimum Gasteiger partial charge on any atom is -0.357 e. The molecule has 2 N–H and O–H groups in total. The highest BCUT2D eigenvalue weighted by Gasteiger charge is 2.14. The normalized spacial score (nSPS) is 14.8. The number of guanidine groups is 1. The maximum Gasteiger partial charge on any atom is 0.191 e. The smallest absolute Gasteiger partial charge is 0.191 e. The van der Waals surface area contributed by atoms with E-state index in [0.29, 0.717) is 0 Å². The van der Waals surface area contributed by atoms with Crippen LogP contribution in [0.5, 0.6) is 0 Å². The Balaban J connectivity index is 1.49. The lowest BCUT2D eigenvalue weighted by Crippen LogP contribution is -2.38. The number of rotatable bonds is 7. The van der Waals surface area contributed by atoms with Crippen molar-refractivity contribution in [2.75, 3.05) is 19.6 Å². The highest BCUT2D eigenvalue weighted by Crippen LogP contribution is 2.14. The first-order valence-corrected chi connectivity index (χ1v) is 10.4. The van der Waals surface area contributed by atoms with E-state index in [4.69, 9.17) is 0 Å². The Hall–Kier alpha value is -1.96. The molecule has 3 rings (SSSR count). The van der Waals surface area contributed by atoms with Crippen molar-refractivity contribution in [3.63, 3.8) is 0 Å². The molecule has 0 aromatic carbocycles. The van der Waals surface area contributed by atoms with Crippen LogP contribution in [0.2, 0.25) is 0 Å². The molecule has 0 amide bonds. The fourth-order valence-corrected chi connectivity index (χ4v) is 3.92. The molecule has 8 heteroatoms. The minimum absolute atomic E-state index is 0.739. The highest BCUT2D eigenvalue weighted by molar-refractivity contribution is 7.11. The fourth-order valence-electron chi connectivity index (χ4n) is 3.15. The minimum atomic E-state index is 0.739. The molecule has 0 saturated heterocycles. The maximum atomic E-state index is 4.66. The molecule has 142 valence electrons. The lowest BCUT2D eigenvalue weighted by molar-refractivity contribution is 0.600. The van der Waals surface area contributed by atoms with Gasteiger partial charge in [-0.1, -0.05) is 6.42 Å². The fraction of sp³-hybridized carbons (Fsp3) is 0.667. The van der Waals surface area contributed by atoms with E-state index >= 15 is 0 Å². The molecule has 0 spiro atoms. The second kappa shape index (κ2) is 9.66. The van der Waals surface area contributed by atoms with Crippen LogP contribution in [-0.4, -0.2) is 45.3 Å². The number of aliphatic imine (C=N–C) groups is 1. The zero-order valence-corrected chi connectivity index (χ0v) is 16.6. The first kappa shape index (κ1) is 18.8. The van der Waals surface area contributed by atoms with Crippen molar-refractivity contribution >= 4 is 17.3 Å². The van der Waals surface area contributed by atoms with E-state index in [2.05, 4.69) is 49.2 Å². The van der Waals surface area contributed by atoms with Crippen molar-refractivity contribution in [1.29, 1.82) is 0 Å². The van der Waals surface area contributed by atoms with Crippen molar-refractivity contribution in [3.05, 3.63) is 27.7 Å². The van der Waals surface area contributed by atoms with Gasteiger partial charge in [0.15, 0.2) is 5.96 Å². The van der Waals surface area contributed by atoms with E-state index < -0.39 is 0 Å². The van der Waals surface area contributed by atoms with Crippen LogP contribution in [0.4, 0.5) is 0 Å². The number of thiazole rings is 1. The molecule has 0 saturated carbocycles. The summed E-state index contributed by atoms with van der Waals surface area (Å²) in [5.41, 5.74) is 0. The molecule has 26 heavy (non-hydrogen) atoms. The van der Waals surface area contributed by atoms with Gasteiger partial charge in [-0.2, -0.15) is 0 Å². The molecule has 2 aromatic heterocycles. The summed E-state index contributed by atoms with van der Waals surface area (Å²) >= 11 is 1.74. The average Bonchev–Trinajstić information content (AvgIpc) is 3.13. The third-order valence-electron chi connectivity index (χ3n) is 4.44. The number of hydrogen-bond acceptors (Lipinski definition) is 5. The van der Waals surface area contributed by atoms with Crippen molar-refractivity contribution < 1.29 is 0 Å². The van der Waals surface area contributed by atoms with Gasteiger partial charge in [-0.05, 0) is 26.7 Å².